The Kier molecular flexibility index (Phi) is 7.36. The Hall–Kier alpha value is -2.34. The molecule has 0 saturated heterocycles. The smallest absolute Gasteiger partial charge is 0.269 e. The summed E-state index contributed by atoms with van der Waals surface area (Å²) in [7, 11) is -3.97. The highest BCUT2D eigenvalue weighted by atomic mass is 35.5. The van der Waals surface area contributed by atoms with Crippen molar-refractivity contribution in [3.8, 4) is 5.75 Å². The summed E-state index contributed by atoms with van der Waals surface area (Å²) in [5.41, 5.74) is 1.21. The second kappa shape index (κ2) is 10.1. The fraction of sp³-hybridized carbons (Fsp3) is 0.318. The lowest BCUT2D eigenvalue weighted by atomic mass is 10.2. The predicted molar refractivity (Wildman–Crippen MR) is 136 cm³/mol. The van der Waals surface area contributed by atoms with Crippen molar-refractivity contribution in [2.75, 3.05) is 21.9 Å². The molecule has 2 aromatic carbocycles. The quantitative estimate of drug-likeness (QED) is 0.339. The Morgan fingerprint density at radius 1 is 1.26 bits per heavy atom. The van der Waals surface area contributed by atoms with Crippen LogP contribution in [0, 0.1) is 12.8 Å². The van der Waals surface area contributed by atoms with Gasteiger partial charge in [-0.3, -0.25) is 14.4 Å². The van der Waals surface area contributed by atoms with Gasteiger partial charge in [-0.25, -0.2) is 8.42 Å². The fourth-order valence-electron chi connectivity index (χ4n) is 3.17. The molecule has 3 aromatic rings. The van der Waals surface area contributed by atoms with Gasteiger partial charge in [-0.1, -0.05) is 66.2 Å². The van der Waals surface area contributed by atoms with E-state index in [-0.39, 0.29) is 22.9 Å². The SMILES string of the molecule is Cc1ccc(S(=O)(=O)N2C[C@H](C(=O)Nc3nnc(SCC(C)C)s3)Oc3ccc(Cl)cc32)cc1. The number of ether oxygens (including phenoxy) is 1. The van der Waals surface area contributed by atoms with Crippen LogP contribution in [-0.2, 0) is 14.8 Å². The van der Waals surface area contributed by atoms with Gasteiger partial charge in [-0.2, -0.15) is 0 Å². The van der Waals surface area contributed by atoms with Crippen LogP contribution in [0.1, 0.15) is 19.4 Å². The molecule has 0 spiro atoms. The molecule has 8 nitrogen and oxygen atoms in total. The van der Waals surface area contributed by atoms with Crippen LogP contribution >= 0.6 is 34.7 Å². The number of halogens is 1. The van der Waals surface area contributed by atoms with Gasteiger partial charge in [0.25, 0.3) is 15.9 Å². The van der Waals surface area contributed by atoms with E-state index in [1.54, 1.807) is 36.0 Å². The molecule has 0 bridgehead atoms. The third-order valence-corrected chi connectivity index (χ3v) is 9.30. The Morgan fingerprint density at radius 2 is 2.00 bits per heavy atom. The van der Waals surface area contributed by atoms with E-state index in [0.717, 1.165) is 20.0 Å². The van der Waals surface area contributed by atoms with Crippen molar-refractivity contribution in [1.29, 1.82) is 0 Å². The average Bonchev–Trinajstić information content (AvgIpc) is 3.24. The molecule has 4 rings (SSSR count). The first-order valence-electron chi connectivity index (χ1n) is 10.5. The third-order valence-electron chi connectivity index (χ3n) is 4.87. The second-order valence-electron chi connectivity index (χ2n) is 8.13. The van der Waals surface area contributed by atoms with Crippen molar-refractivity contribution in [3.63, 3.8) is 0 Å². The Morgan fingerprint density at radius 3 is 2.71 bits per heavy atom. The van der Waals surface area contributed by atoms with Gasteiger partial charge in [0.2, 0.25) is 5.13 Å². The number of hydrogen-bond donors (Lipinski definition) is 1. The van der Waals surface area contributed by atoms with Crippen LogP contribution in [0.25, 0.3) is 0 Å². The van der Waals surface area contributed by atoms with E-state index in [2.05, 4.69) is 29.4 Å². The lowest BCUT2D eigenvalue weighted by Gasteiger charge is -2.34. The van der Waals surface area contributed by atoms with Crippen molar-refractivity contribution in [2.45, 2.75) is 36.1 Å². The van der Waals surface area contributed by atoms with Gasteiger partial charge in [-0.15, -0.1) is 10.2 Å². The largest absolute Gasteiger partial charge is 0.476 e. The summed E-state index contributed by atoms with van der Waals surface area (Å²) >= 11 is 8.97. The number of carbonyl (C=O) groups is 1. The summed E-state index contributed by atoms with van der Waals surface area (Å²) in [6, 6.07) is 11.2. The lowest BCUT2D eigenvalue weighted by molar-refractivity contribution is -0.122. The minimum Gasteiger partial charge on any atom is -0.476 e. The molecule has 2 heterocycles. The number of nitrogens with zero attached hydrogens (tertiary/aromatic N) is 3. The zero-order chi connectivity index (χ0) is 24.5. The first-order valence-corrected chi connectivity index (χ1v) is 14.1. The number of thioether (sulfide) groups is 1. The summed E-state index contributed by atoms with van der Waals surface area (Å²) in [5, 5.41) is 11.5. The monoisotopic (exact) mass is 538 g/mol. The highest BCUT2D eigenvalue weighted by molar-refractivity contribution is 8.01. The second-order valence-corrected chi connectivity index (χ2v) is 12.7. The van der Waals surface area contributed by atoms with Crippen molar-refractivity contribution < 1.29 is 17.9 Å². The molecule has 1 atom stereocenters. The van der Waals surface area contributed by atoms with Crippen LogP contribution in [0.4, 0.5) is 10.8 Å². The van der Waals surface area contributed by atoms with Gasteiger partial charge >= 0.3 is 0 Å². The number of fused-ring (bicyclic) bond motifs is 1. The van der Waals surface area contributed by atoms with E-state index in [9.17, 15) is 13.2 Å². The molecule has 12 heteroatoms. The van der Waals surface area contributed by atoms with Crippen LogP contribution in [0.3, 0.4) is 0 Å². The maximum absolute atomic E-state index is 13.5. The number of hydrogen-bond acceptors (Lipinski definition) is 8. The van der Waals surface area contributed by atoms with Crippen LogP contribution in [-0.4, -0.2) is 42.9 Å². The van der Waals surface area contributed by atoms with E-state index in [0.29, 0.717) is 16.1 Å². The number of carbonyl (C=O) groups excluding carboxylic acids is 1. The number of anilines is 2. The molecule has 1 aliphatic rings. The van der Waals surface area contributed by atoms with E-state index < -0.39 is 22.0 Å². The van der Waals surface area contributed by atoms with Gasteiger partial charge in [0, 0.05) is 10.8 Å². The molecule has 0 saturated carbocycles. The van der Waals surface area contributed by atoms with Crippen molar-refractivity contribution >= 4 is 61.4 Å². The lowest BCUT2D eigenvalue weighted by Crippen LogP contribution is -2.48. The van der Waals surface area contributed by atoms with E-state index in [1.165, 1.54) is 29.5 Å². The molecular formula is C22H23ClN4O4S3. The zero-order valence-corrected chi connectivity index (χ0v) is 21.9. The Labute approximate surface area is 211 Å². The van der Waals surface area contributed by atoms with Crippen LogP contribution in [0.2, 0.25) is 5.02 Å². The summed E-state index contributed by atoms with van der Waals surface area (Å²) in [4.78, 5) is 13.1. The highest BCUT2D eigenvalue weighted by Gasteiger charge is 2.38. The number of sulfonamides is 1. The van der Waals surface area contributed by atoms with Crippen LogP contribution in [0.15, 0.2) is 51.7 Å². The Balaban J connectivity index is 1.59. The Bertz CT molecular complexity index is 1300. The van der Waals surface area contributed by atoms with Gasteiger partial charge in [0.05, 0.1) is 17.1 Å². The van der Waals surface area contributed by atoms with Crippen molar-refractivity contribution in [1.82, 2.24) is 10.2 Å². The van der Waals surface area contributed by atoms with Gasteiger partial charge in [0.1, 0.15) is 5.75 Å². The van der Waals surface area contributed by atoms with E-state index in [4.69, 9.17) is 16.3 Å². The number of rotatable bonds is 7. The molecule has 0 radical (unpaired) electrons. The van der Waals surface area contributed by atoms with Crippen molar-refractivity contribution in [2.24, 2.45) is 5.92 Å². The summed E-state index contributed by atoms with van der Waals surface area (Å²) in [6.45, 7) is 5.88. The summed E-state index contributed by atoms with van der Waals surface area (Å²) in [6.07, 6.45) is -1.09. The van der Waals surface area contributed by atoms with Crippen LogP contribution in [0.5, 0.6) is 5.75 Å². The topological polar surface area (TPSA) is 101 Å². The fourth-order valence-corrected chi connectivity index (χ4v) is 6.53. The van der Waals surface area contributed by atoms with Gasteiger partial charge in [-0.05, 0) is 43.2 Å². The minimum atomic E-state index is -3.97. The molecule has 0 unspecified atom stereocenters. The van der Waals surface area contributed by atoms with Gasteiger partial charge < -0.3 is 4.74 Å². The van der Waals surface area contributed by atoms with E-state index >= 15 is 0 Å². The molecule has 0 fully saturated rings. The summed E-state index contributed by atoms with van der Waals surface area (Å²) < 4.78 is 34.8. The number of aromatic nitrogens is 2. The maximum atomic E-state index is 13.5. The standard InChI is InChI=1S/C22H23ClN4O4S3/c1-13(2)12-32-22-26-25-21(33-22)24-20(28)19-11-27(17-10-15(23)6-9-18(17)31-19)34(29,30)16-7-4-14(3)5-8-16/h4-10,13,19H,11-12H2,1-3H3,(H,24,25,28)/t19-/m1/s1. The first kappa shape index (κ1) is 24.8. The highest BCUT2D eigenvalue weighted by Crippen LogP contribution is 2.39. The number of nitrogens with one attached hydrogen (secondary N) is 1. The zero-order valence-electron chi connectivity index (χ0n) is 18.7. The first-order chi connectivity index (χ1) is 16.1. The van der Waals surface area contributed by atoms with Gasteiger partial charge in [0.15, 0.2) is 10.4 Å². The van der Waals surface area contributed by atoms with Crippen molar-refractivity contribution in [3.05, 3.63) is 53.1 Å². The molecule has 1 aliphatic heterocycles. The maximum Gasteiger partial charge on any atom is 0.269 e. The number of amides is 1. The molecule has 1 aromatic heterocycles. The molecule has 0 aliphatic carbocycles. The predicted octanol–water partition coefficient (Wildman–Crippen LogP) is 4.84. The molecule has 1 N–H and O–H groups in total. The molecule has 34 heavy (non-hydrogen) atoms. The molecular weight excluding hydrogens is 516 g/mol. The summed E-state index contributed by atoms with van der Waals surface area (Å²) in [5.74, 6) is 1.12. The third kappa shape index (κ3) is 5.48. The minimum absolute atomic E-state index is 0.112. The van der Waals surface area contributed by atoms with E-state index in [1.807, 2.05) is 6.92 Å². The average molecular weight is 539 g/mol. The molecule has 1 amide bonds. The molecule has 180 valence electrons. The number of aryl methyl sites for hydroxylation is 1. The normalized spacial score (nSPS) is 15.7. The van der Waals surface area contributed by atoms with Crippen LogP contribution < -0.4 is 14.4 Å². The number of benzene rings is 2.